The first-order valence-corrected chi connectivity index (χ1v) is 4.55. The van der Waals surface area contributed by atoms with Crippen molar-refractivity contribution in [3.63, 3.8) is 0 Å². The molecule has 0 saturated carbocycles. The van der Waals surface area contributed by atoms with Crippen molar-refractivity contribution in [2.45, 2.75) is 18.9 Å². The van der Waals surface area contributed by atoms with Crippen LogP contribution in [-0.2, 0) is 11.2 Å². The van der Waals surface area contributed by atoms with E-state index < -0.39 is 18.4 Å². The standard InChI is InChI=1S/C10H14N2O3/c11-9(13)8(12-10(14)15)6-7-4-2-1-3-5-7/h1-5,8,10,12,14-15H,6H2,(H2,11,13). The number of benzene rings is 1. The Morgan fingerprint density at radius 2 is 1.93 bits per heavy atom. The second kappa shape index (κ2) is 5.45. The number of primary amides is 1. The van der Waals surface area contributed by atoms with Gasteiger partial charge in [0.15, 0.2) is 0 Å². The van der Waals surface area contributed by atoms with Gasteiger partial charge < -0.3 is 15.9 Å². The van der Waals surface area contributed by atoms with Crippen molar-refractivity contribution < 1.29 is 15.0 Å². The summed E-state index contributed by atoms with van der Waals surface area (Å²) in [5, 5.41) is 19.6. The van der Waals surface area contributed by atoms with Crippen LogP contribution in [0.3, 0.4) is 0 Å². The minimum absolute atomic E-state index is 0.327. The molecule has 5 N–H and O–H groups in total. The number of nitrogens with one attached hydrogen (secondary N) is 1. The summed E-state index contributed by atoms with van der Waals surface area (Å²) in [6.07, 6.45) is -1.42. The Morgan fingerprint density at radius 3 is 2.40 bits per heavy atom. The van der Waals surface area contributed by atoms with Gasteiger partial charge in [-0.15, -0.1) is 0 Å². The Labute approximate surface area is 87.5 Å². The van der Waals surface area contributed by atoms with Gasteiger partial charge in [-0.1, -0.05) is 30.3 Å². The Kier molecular flexibility index (Phi) is 4.23. The van der Waals surface area contributed by atoms with Crippen molar-refractivity contribution in [2.75, 3.05) is 0 Å². The van der Waals surface area contributed by atoms with Crippen LogP contribution in [0.25, 0.3) is 0 Å². The van der Waals surface area contributed by atoms with E-state index in [4.69, 9.17) is 15.9 Å². The second-order valence-electron chi connectivity index (χ2n) is 3.19. The molecule has 82 valence electrons. The van der Waals surface area contributed by atoms with Crippen molar-refractivity contribution in [3.8, 4) is 0 Å². The number of amides is 1. The first-order valence-electron chi connectivity index (χ1n) is 4.55. The molecule has 0 fully saturated rings. The van der Waals surface area contributed by atoms with E-state index in [0.29, 0.717) is 6.42 Å². The van der Waals surface area contributed by atoms with Gasteiger partial charge in [0.05, 0.1) is 6.04 Å². The molecule has 0 aliphatic rings. The summed E-state index contributed by atoms with van der Waals surface area (Å²) < 4.78 is 0. The summed E-state index contributed by atoms with van der Waals surface area (Å²) >= 11 is 0. The van der Waals surface area contributed by atoms with Gasteiger partial charge in [-0.05, 0) is 12.0 Å². The molecule has 0 aromatic heterocycles. The Hall–Kier alpha value is -1.43. The van der Waals surface area contributed by atoms with Crippen LogP contribution in [0.15, 0.2) is 30.3 Å². The third kappa shape index (κ3) is 4.07. The number of rotatable bonds is 5. The average Bonchev–Trinajstić information content (AvgIpc) is 2.17. The molecule has 5 nitrogen and oxygen atoms in total. The van der Waals surface area contributed by atoms with Crippen LogP contribution in [0.1, 0.15) is 5.56 Å². The summed E-state index contributed by atoms with van der Waals surface area (Å²) in [5.74, 6) is -0.619. The molecule has 1 aromatic rings. The molecule has 1 rings (SSSR count). The molecule has 1 atom stereocenters. The Bertz CT molecular complexity index is 314. The number of carbonyl (C=O) groups is 1. The summed E-state index contributed by atoms with van der Waals surface area (Å²) in [7, 11) is 0. The molecule has 0 aliphatic carbocycles. The van der Waals surface area contributed by atoms with Crippen molar-refractivity contribution >= 4 is 5.91 Å². The van der Waals surface area contributed by atoms with Crippen molar-refractivity contribution in [2.24, 2.45) is 5.73 Å². The highest BCUT2D eigenvalue weighted by molar-refractivity contribution is 5.80. The van der Waals surface area contributed by atoms with E-state index in [9.17, 15) is 4.79 Å². The summed E-state index contributed by atoms with van der Waals surface area (Å²) in [5.41, 5.74) is 6.01. The van der Waals surface area contributed by atoms with E-state index in [1.165, 1.54) is 0 Å². The van der Waals surface area contributed by atoms with Crippen LogP contribution in [0.5, 0.6) is 0 Å². The molecule has 1 unspecified atom stereocenters. The minimum atomic E-state index is -1.74. The van der Waals surface area contributed by atoms with Gasteiger partial charge in [0, 0.05) is 0 Å². The van der Waals surface area contributed by atoms with Crippen molar-refractivity contribution in [1.82, 2.24) is 5.32 Å². The zero-order valence-corrected chi connectivity index (χ0v) is 8.13. The quantitative estimate of drug-likeness (QED) is 0.466. The lowest BCUT2D eigenvalue weighted by Crippen LogP contribution is -2.47. The molecule has 0 heterocycles. The normalized spacial score (nSPS) is 12.7. The first-order chi connectivity index (χ1) is 7.09. The van der Waals surface area contributed by atoms with E-state index in [1.807, 2.05) is 30.3 Å². The number of nitrogens with two attached hydrogens (primary N) is 1. The number of carbonyl (C=O) groups excluding carboxylic acids is 1. The molecule has 0 aliphatic heterocycles. The lowest BCUT2D eigenvalue weighted by Gasteiger charge is -2.16. The SMILES string of the molecule is NC(=O)C(Cc1ccccc1)NC(O)O. The zero-order valence-electron chi connectivity index (χ0n) is 8.13. The highest BCUT2D eigenvalue weighted by atomic mass is 16.5. The zero-order chi connectivity index (χ0) is 11.3. The Balaban J connectivity index is 2.63. The van der Waals surface area contributed by atoms with E-state index in [-0.39, 0.29) is 0 Å². The summed E-state index contributed by atoms with van der Waals surface area (Å²) in [6, 6.07) is 8.41. The average molecular weight is 210 g/mol. The molecule has 1 amide bonds. The number of hydrogen-bond donors (Lipinski definition) is 4. The lowest BCUT2D eigenvalue weighted by atomic mass is 10.1. The number of aliphatic hydroxyl groups excluding tert-OH is 1. The molecule has 0 bridgehead atoms. The van der Waals surface area contributed by atoms with Crippen LogP contribution in [-0.4, -0.2) is 28.6 Å². The first kappa shape index (κ1) is 11.6. The smallest absolute Gasteiger partial charge is 0.235 e. The van der Waals surface area contributed by atoms with Crippen molar-refractivity contribution in [1.29, 1.82) is 0 Å². The van der Waals surface area contributed by atoms with Gasteiger partial charge in [0.25, 0.3) is 0 Å². The summed E-state index contributed by atoms with van der Waals surface area (Å²) in [6.45, 7) is 0. The third-order valence-electron chi connectivity index (χ3n) is 1.98. The van der Waals surface area contributed by atoms with Gasteiger partial charge in [-0.25, -0.2) is 0 Å². The maximum Gasteiger partial charge on any atom is 0.235 e. The van der Waals surface area contributed by atoms with Gasteiger partial charge in [-0.3, -0.25) is 10.1 Å². The molecule has 15 heavy (non-hydrogen) atoms. The van der Waals surface area contributed by atoms with Crippen LogP contribution in [0.2, 0.25) is 0 Å². The molecule has 5 heteroatoms. The van der Waals surface area contributed by atoms with Crippen LogP contribution in [0, 0.1) is 0 Å². The second-order valence-corrected chi connectivity index (χ2v) is 3.19. The van der Waals surface area contributed by atoms with E-state index in [1.54, 1.807) is 0 Å². The Morgan fingerprint density at radius 1 is 1.33 bits per heavy atom. The van der Waals surface area contributed by atoms with Gasteiger partial charge in [0.1, 0.15) is 0 Å². The van der Waals surface area contributed by atoms with Crippen LogP contribution >= 0.6 is 0 Å². The van der Waals surface area contributed by atoms with Crippen LogP contribution in [0.4, 0.5) is 0 Å². The molecular weight excluding hydrogens is 196 g/mol. The monoisotopic (exact) mass is 210 g/mol. The number of hydrogen-bond acceptors (Lipinski definition) is 4. The lowest BCUT2D eigenvalue weighted by molar-refractivity contribution is -0.125. The van der Waals surface area contributed by atoms with E-state index in [2.05, 4.69) is 5.32 Å². The fourth-order valence-corrected chi connectivity index (χ4v) is 1.27. The fourth-order valence-electron chi connectivity index (χ4n) is 1.27. The highest BCUT2D eigenvalue weighted by Gasteiger charge is 2.17. The van der Waals surface area contributed by atoms with Gasteiger partial charge >= 0.3 is 0 Å². The minimum Gasteiger partial charge on any atom is -0.368 e. The predicted molar refractivity (Wildman–Crippen MR) is 54.5 cm³/mol. The van der Waals surface area contributed by atoms with E-state index >= 15 is 0 Å². The van der Waals surface area contributed by atoms with Crippen molar-refractivity contribution in [3.05, 3.63) is 35.9 Å². The molecule has 0 radical (unpaired) electrons. The number of aliphatic hydroxyl groups is 2. The molecule has 1 aromatic carbocycles. The predicted octanol–water partition coefficient (Wildman–Crippen LogP) is -1.06. The molecular formula is C10H14N2O3. The maximum atomic E-state index is 11.0. The largest absolute Gasteiger partial charge is 0.368 e. The molecule has 0 saturated heterocycles. The highest BCUT2D eigenvalue weighted by Crippen LogP contribution is 2.03. The fraction of sp³-hybridized carbons (Fsp3) is 0.300. The third-order valence-corrected chi connectivity index (χ3v) is 1.98. The van der Waals surface area contributed by atoms with Gasteiger partial charge in [0.2, 0.25) is 12.3 Å². The van der Waals surface area contributed by atoms with Crippen LogP contribution < -0.4 is 11.1 Å². The van der Waals surface area contributed by atoms with E-state index in [0.717, 1.165) is 5.56 Å². The van der Waals surface area contributed by atoms with Gasteiger partial charge in [-0.2, -0.15) is 0 Å². The topological polar surface area (TPSA) is 95.6 Å². The molecule has 0 spiro atoms. The maximum absolute atomic E-state index is 11.0. The summed E-state index contributed by atoms with van der Waals surface area (Å²) in [4.78, 5) is 11.0.